The molecule has 7 nitrogen and oxygen atoms in total. The van der Waals surface area contributed by atoms with E-state index in [9.17, 15) is 10.1 Å². The zero-order valence-electron chi connectivity index (χ0n) is 15.1. The Hall–Kier alpha value is -2.77. The molecule has 0 amide bonds. The summed E-state index contributed by atoms with van der Waals surface area (Å²) in [5.74, 6) is 1.00. The van der Waals surface area contributed by atoms with E-state index in [-0.39, 0.29) is 5.69 Å². The van der Waals surface area contributed by atoms with Crippen molar-refractivity contribution < 1.29 is 9.45 Å². The average molecular weight is 387 g/mol. The van der Waals surface area contributed by atoms with Gasteiger partial charge in [0.2, 0.25) is 11.7 Å². The molecule has 0 saturated heterocycles. The van der Waals surface area contributed by atoms with Crippen LogP contribution < -0.4 is 0 Å². The maximum Gasteiger partial charge on any atom is 0.269 e. The molecule has 140 valence electrons. The number of hydrogen-bond donors (Lipinski definition) is 0. The van der Waals surface area contributed by atoms with Crippen molar-refractivity contribution in [2.24, 2.45) is 0 Å². The van der Waals surface area contributed by atoms with Crippen LogP contribution in [0.4, 0.5) is 5.69 Å². The summed E-state index contributed by atoms with van der Waals surface area (Å²) in [6.07, 6.45) is 0.975. The van der Waals surface area contributed by atoms with Crippen LogP contribution in [0.25, 0.3) is 11.4 Å². The number of hydrogen-bond acceptors (Lipinski definition) is 6. The molecule has 1 aromatic heterocycles. The molecule has 3 aromatic rings. The molecule has 27 heavy (non-hydrogen) atoms. The van der Waals surface area contributed by atoms with Gasteiger partial charge in [0.1, 0.15) is 0 Å². The predicted octanol–water partition coefficient (Wildman–Crippen LogP) is 4.49. The Kier molecular flexibility index (Phi) is 5.83. The van der Waals surface area contributed by atoms with Gasteiger partial charge in [-0.15, -0.1) is 0 Å². The van der Waals surface area contributed by atoms with Crippen LogP contribution in [0.1, 0.15) is 23.9 Å². The lowest BCUT2D eigenvalue weighted by molar-refractivity contribution is -0.384. The summed E-state index contributed by atoms with van der Waals surface area (Å²) in [6.45, 7) is 2.92. The third-order valence-corrected chi connectivity index (χ3v) is 4.54. The zero-order valence-corrected chi connectivity index (χ0v) is 15.8. The van der Waals surface area contributed by atoms with Crippen molar-refractivity contribution in [3.63, 3.8) is 0 Å². The Bertz CT molecular complexity index is 940. The molecule has 2 aromatic carbocycles. The van der Waals surface area contributed by atoms with Crippen molar-refractivity contribution in [2.45, 2.75) is 26.4 Å². The molecule has 0 spiro atoms. The van der Waals surface area contributed by atoms with E-state index in [0.717, 1.165) is 12.0 Å². The topological polar surface area (TPSA) is 85.3 Å². The van der Waals surface area contributed by atoms with Crippen LogP contribution in [0, 0.1) is 10.1 Å². The molecule has 8 heteroatoms. The molecule has 0 aliphatic heterocycles. The van der Waals surface area contributed by atoms with Crippen LogP contribution in [-0.2, 0) is 19.5 Å². The minimum absolute atomic E-state index is 0.0124. The third-order valence-electron chi connectivity index (χ3n) is 4.17. The molecule has 0 atom stereocenters. The molecule has 0 aliphatic carbocycles. The molecule has 1 heterocycles. The number of nitrogens with zero attached hydrogens (tertiary/aromatic N) is 4. The molecule has 0 fully saturated rings. The van der Waals surface area contributed by atoms with Crippen LogP contribution in [0.2, 0.25) is 5.02 Å². The van der Waals surface area contributed by atoms with Crippen molar-refractivity contribution in [1.82, 2.24) is 15.0 Å². The number of benzene rings is 2. The molecule has 0 N–H and O–H groups in total. The lowest BCUT2D eigenvalue weighted by atomic mass is 10.1. The van der Waals surface area contributed by atoms with Crippen molar-refractivity contribution in [3.05, 3.63) is 74.6 Å². The van der Waals surface area contributed by atoms with Gasteiger partial charge >= 0.3 is 0 Å². The van der Waals surface area contributed by atoms with Crippen molar-refractivity contribution in [2.75, 3.05) is 7.05 Å². The highest BCUT2D eigenvalue weighted by molar-refractivity contribution is 6.31. The summed E-state index contributed by atoms with van der Waals surface area (Å²) in [7, 11) is 1.86. The van der Waals surface area contributed by atoms with Crippen LogP contribution >= 0.6 is 11.6 Å². The fraction of sp³-hybridized carbons (Fsp3) is 0.263. The number of non-ortho nitro benzene ring substituents is 1. The summed E-state index contributed by atoms with van der Waals surface area (Å²) < 4.78 is 5.33. The van der Waals surface area contributed by atoms with E-state index in [0.29, 0.717) is 35.4 Å². The summed E-state index contributed by atoms with van der Waals surface area (Å²) in [5.41, 5.74) is 2.82. The molecule has 0 saturated carbocycles. The van der Waals surface area contributed by atoms with Crippen molar-refractivity contribution >= 4 is 17.3 Å². The van der Waals surface area contributed by atoms with Crippen LogP contribution in [-0.4, -0.2) is 27.0 Å². The number of halogens is 1. The van der Waals surface area contributed by atoms with Crippen LogP contribution in [0.5, 0.6) is 0 Å². The van der Waals surface area contributed by atoms with Gasteiger partial charge in [-0.1, -0.05) is 47.9 Å². The van der Waals surface area contributed by atoms with Gasteiger partial charge < -0.3 is 4.52 Å². The van der Waals surface area contributed by atoms with Gasteiger partial charge in [0.15, 0.2) is 0 Å². The Balaban J connectivity index is 1.68. The fourth-order valence-corrected chi connectivity index (χ4v) is 2.88. The number of aromatic nitrogens is 2. The van der Waals surface area contributed by atoms with Gasteiger partial charge in [0, 0.05) is 29.3 Å². The summed E-state index contributed by atoms with van der Waals surface area (Å²) in [6, 6.07) is 12.4. The fourth-order valence-electron chi connectivity index (χ4n) is 2.70. The minimum Gasteiger partial charge on any atom is -0.338 e. The second kappa shape index (κ2) is 8.28. The Morgan fingerprint density at radius 3 is 2.59 bits per heavy atom. The smallest absolute Gasteiger partial charge is 0.269 e. The molecular weight excluding hydrogens is 368 g/mol. The van der Waals surface area contributed by atoms with Crippen molar-refractivity contribution in [3.8, 4) is 11.4 Å². The molecule has 0 radical (unpaired) electrons. The second-order valence-corrected chi connectivity index (χ2v) is 6.67. The standard InChI is InChI=1S/C19H19ClN4O3/c1-3-13-4-6-14(7-5-13)19-21-18(27-22-19)12-23(2)11-15-10-16(24(25)26)8-9-17(15)20/h4-10H,3,11-12H2,1-2H3. The normalized spacial score (nSPS) is 11.1. The first-order valence-electron chi connectivity index (χ1n) is 8.49. The first kappa shape index (κ1) is 19.0. The molecule has 3 rings (SSSR count). The first-order chi connectivity index (χ1) is 13.0. The summed E-state index contributed by atoms with van der Waals surface area (Å²) in [4.78, 5) is 16.8. The van der Waals surface area contributed by atoms with E-state index < -0.39 is 4.92 Å². The highest BCUT2D eigenvalue weighted by Gasteiger charge is 2.14. The third kappa shape index (κ3) is 4.69. The monoisotopic (exact) mass is 386 g/mol. The number of nitro benzene ring substituents is 1. The van der Waals surface area contributed by atoms with Gasteiger partial charge in [-0.2, -0.15) is 4.98 Å². The highest BCUT2D eigenvalue weighted by Crippen LogP contribution is 2.24. The molecular formula is C19H19ClN4O3. The quantitative estimate of drug-likeness (QED) is 0.439. The van der Waals surface area contributed by atoms with E-state index in [1.165, 1.54) is 23.8 Å². The minimum atomic E-state index is -0.437. The van der Waals surface area contributed by atoms with E-state index >= 15 is 0 Å². The van der Waals surface area contributed by atoms with E-state index in [2.05, 4.69) is 17.1 Å². The van der Waals surface area contributed by atoms with Crippen LogP contribution in [0.3, 0.4) is 0 Å². The van der Waals surface area contributed by atoms with Crippen molar-refractivity contribution in [1.29, 1.82) is 0 Å². The predicted molar refractivity (Wildman–Crippen MR) is 102 cm³/mol. The van der Waals surface area contributed by atoms with Gasteiger partial charge in [-0.25, -0.2) is 0 Å². The van der Waals surface area contributed by atoms with Crippen LogP contribution in [0.15, 0.2) is 47.0 Å². The Morgan fingerprint density at radius 2 is 1.93 bits per heavy atom. The molecule has 0 aliphatic rings. The summed E-state index contributed by atoms with van der Waals surface area (Å²) >= 11 is 6.16. The lowest BCUT2D eigenvalue weighted by Crippen LogP contribution is -2.17. The number of aryl methyl sites for hydroxylation is 1. The van der Waals surface area contributed by atoms with Gasteiger partial charge in [0.25, 0.3) is 5.69 Å². The van der Waals surface area contributed by atoms with Gasteiger partial charge in [0.05, 0.1) is 11.5 Å². The second-order valence-electron chi connectivity index (χ2n) is 6.27. The Labute approximate surface area is 161 Å². The maximum atomic E-state index is 10.9. The highest BCUT2D eigenvalue weighted by atomic mass is 35.5. The zero-order chi connectivity index (χ0) is 19.4. The molecule has 0 unspecified atom stereocenters. The number of nitro groups is 1. The average Bonchev–Trinajstić information content (AvgIpc) is 3.11. The van der Waals surface area contributed by atoms with E-state index in [1.54, 1.807) is 0 Å². The van der Waals surface area contributed by atoms with E-state index in [4.69, 9.17) is 16.1 Å². The maximum absolute atomic E-state index is 10.9. The first-order valence-corrected chi connectivity index (χ1v) is 8.87. The van der Waals surface area contributed by atoms with E-state index in [1.807, 2.05) is 36.2 Å². The largest absolute Gasteiger partial charge is 0.338 e. The lowest BCUT2D eigenvalue weighted by Gasteiger charge is -2.15. The SMILES string of the molecule is CCc1ccc(-c2noc(CN(C)Cc3cc([N+](=O)[O-])ccc3Cl)n2)cc1. The molecule has 0 bridgehead atoms. The summed E-state index contributed by atoms with van der Waals surface area (Å²) in [5, 5.41) is 15.4. The van der Waals surface area contributed by atoms with Gasteiger partial charge in [-0.3, -0.25) is 15.0 Å². The van der Waals surface area contributed by atoms with Gasteiger partial charge in [-0.05, 0) is 30.7 Å². The Morgan fingerprint density at radius 1 is 1.19 bits per heavy atom. The number of rotatable bonds is 7.